The first kappa shape index (κ1) is 23.4. The van der Waals surface area contributed by atoms with Crippen molar-refractivity contribution in [3.05, 3.63) is 11.1 Å². The number of ether oxygens (including phenoxy) is 3. The van der Waals surface area contributed by atoms with Gasteiger partial charge in [-0.05, 0) is 82.6 Å². The molecule has 3 aliphatic heterocycles. The van der Waals surface area contributed by atoms with Crippen molar-refractivity contribution < 1.29 is 34.0 Å². The average Bonchev–Trinajstić information content (AvgIpc) is 3.50. The molecule has 1 unspecified atom stereocenters. The Bertz CT molecular complexity index is 1170. The maximum absolute atomic E-state index is 13.0. The molecule has 7 fully saturated rings. The van der Waals surface area contributed by atoms with Gasteiger partial charge in [-0.15, -0.1) is 0 Å². The third-order valence-electron chi connectivity index (χ3n) is 13.3. The van der Waals surface area contributed by atoms with Gasteiger partial charge in [-0.2, -0.15) is 0 Å². The molecule has 0 aromatic heterocycles. The van der Waals surface area contributed by atoms with Crippen molar-refractivity contribution in [3.63, 3.8) is 0 Å². The molecule has 0 aromatic rings. The highest BCUT2D eigenvalue weighted by Gasteiger charge is 2.91. The molecule has 8 rings (SSSR count). The van der Waals surface area contributed by atoms with Crippen LogP contribution in [-0.4, -0.2) is 57.3 Å². The summed E-state index contributed by atoms with van der Waals surface area (Å²) in [5.74, 6) is -0.421. The average molecular weight is 513 g/mol. The van der Waals surface area contributed by atoms with E-state index in [4.69, 9.17) is 14.2 Å². The topological polar surface area (TPSA) is 102 Å². The van der Waals surface area contributed by atoms with Gasteiger partial charge in [0.1, 0.15) is 17.8 Å². The molecule has 2 N–H and O–H groups in total. The SMILES string of the molecule is CC1=C2[C@H]3OC(=O)[C@@H](C)[C@@H]3C[C@](C)(O)C[C@@H]2[C@H]2[C@@H]3[C@@H]4C5([C@H]6OC(=O)[C@@H](C)[C@@H]6CC[C@]4(C)O[C@]5(C)[C@H]3O)[C@@H]12. The Kier molecular flexibility index (Phi) is 4.10. The molecule has 8 aliphatic rings. The van der Waals surface area contributed by atoms with E-state index in [1.165, 1.54) is 11.1 Å². The number of hydrogen-bond acceptors (Lipinski definition) is 7. The molecule has 7 heteroatoms. The molecule has 0 radical (unpaired) electrons. The van der Waals surface area contributed by atoms with E-state index in [1.807, 2.05) is 20.8 Å². The Balaban J connectivity index is 1.38. The standard InChI is InChI=1S/C30H40O7/c1-11-14-7-8-28(5)22-19-18-16-10-27(4,34)9-15-12(2)25(32)35-21(15)17(16)13(3)20(18)30(22,24(14)36-26(11)33)29(6,37-28)23(19)31/h11-12,14-16,18-24,31,34H,7-10H2,1-6H3/t11-,12-,14-,15-,16-,18-,19+,20-,21-,22-,23-,24-,27-,28-,29+,30?/m0/s1. The fourth-order valence-corrected chi connectivity index (χ4v) is 12.3. The summed E-state index contributed by atoms with van der Waals surface area (Å²) in [6.07, 6.45) is 1.58. The number of hydrogen-bond donors (Lipinski definition) is 2. The second-order valence-electron chi connectivity index (χ2n) is 14.8. The Morgan fingerprint density at radius 3 is 2.35 bits per heavy atom. The zero-order chi connectivity index (χ0) is 26.2. The Morgan fingerprint density at radius 2 is 1.62 bits per heavy atom. The molecule has 5 aliphatic carbocycles. The summed E-state index contributed by atoms with van der Waals surface area (Å²) in [6.45, 7) is 12.3. The number of fused-ring (bicyclic) bond motifs is 7. The van der Waals surface area contributed by atoms with Gasteiger partial charge >= 0.3 is 11.9 Å². The quantitative estimate of drug-likeness (QED) is 0.380. The second-order valence-corrected chi connectivity index (χ2v) is 14.8. The lowest BCUT2D eigenvalue weighted by Crippen LogP contribution is -2.64. The first-order valence-corrected chi connectivity index (χ1v) is 14.5. The Labute approximate surface area is 218 Å². The van der Waals surface area contributed by atoms with Crippen LogP contribution in [0.2, 0.25) is 0 Å². The number of rotatable bonds is 0. The van der Waals surface area contributed by atoms with Crippen molar-refractivity contribution in [2.24, 2.45) is 58.7 Å². The van der Waals surface area contributed by atoms with E-state index in [0.717, 1.165) is 12.8 Å². The van der Waals surface area contributed by atoms with E-state index in [-0.39, 0.29) is 83.0 Å². The van der Waals surface area contributed by atoms with Gasteiger partial charge in [0.2, 0.25) is 0 Å². The van der Waals surface area contributed by atoms with Gasteiger partial charge in [0, 0.05) is 17.8 Å². The van der Waals surface area contributed by atoms with E-state index in [1.54, 1.807) is 0 Å². The molecule has 3 heterocycles. The van der Waals surface area contributed by atoms with Crippen LogP contribution in [0, 0.1) is 58.7 Å². The Hall–Kier alpha value is -1.44. The highest BCUT2D eigenvalue weighted by atomic mass is 16.6. The van der Waals surface area contributed by atoms with Crippen LogP contribution in [0.25, 0.3) is 0 Å². The molecule has 7 nitrogen and oxygen atoms in total. The number of carbonyl (C=O) groups is 2. The van der Waals surface area contributed by atoms with Gasteiger partial charge in [-0.3, -0.25) is 9.59 Å². The predicted octanol–water partition coefficient (Wildman–Crippen LogP) is 3.01. The molecule has 0 aromatic carbocycles. The molecule has 0 spiro atoms. The third-order valence-corrected chi connectivity index (χ3v) is 13.3. The van der Waals surface area contributed by atoms with Crippen LogP contribution in [0.15, 0.2) is 11.1 Å². The molecule has 16 atom stereocenters. The maximum atomic E-state index is 13.0. The van der Waals surface area contributed by atoms with Crippen molar-refractivity contribution in [3.8, 4) is 0 Å². The molecule has 0 amide bonds. The lowest BCUT2D eigenvalue weighted by atomic mass is 9.55. The number of allylic oxidation sites excluding steroid dienone is 1. The minimum atomic E-state index is -0.927. The summed E-state index contributed by atoms with van der Waals surface area (Å²) in [5, 5.41) is 23.7. The van der Waals surface area contributed by atoms with Gasteiger partial charge < -0.3 is 24.4 Å². The Morgan fingerprint density at radius 1 is 0.946 bits per heavy atom. The smallest absolute Gasteiger partial charge is 0.309 e. The zero-order valence-electron chi connectivity index (χ0n) is 22.7. The number of esters is 2. The van der Waals surface area contributed by atoms with Gasteiger partial charge in [-0.25, -0.2) is 0 Å². The van der Waals surface area contributed by atoms with Crippen molar-refractivity contribution in [2.45, 2.75) is 102 Å². The predicted molar refractivity (Wildman–Crippen MR) is 131 cm³/mol. The highest BCUT2D eigenvalue weighted by Crippen LogP contribution is 2.85. The van der Waals surface area contributed by atoms with E-state index in [0.29, 0.717) is 12.8 Å². The van der Waals surface area contributed by atoms with Crippen LogP contribution in [0.4, 0.5) is 0 Å². The van der Waals surface area contributed by atoms with Crippen molar-refractivity contribution in [2.75, 3.05) is 0 Å². The summed E-state index contributed by atoms with van der Waals surface area (Å²) >= 11 is 0. The van der Waals surface area contributed by atoms with E-state index >= 15 is 0 Å². The molecule has 5 bridgehead atoms. The zero-order valence-corrected chi connectivity index (χ0v) is 22.7. The highest BCUT2D eigenvalue weighted by molar-refractivity contribution is 5.76. The number of carbonyl (C=O) groups excluding carboxylic acids is 2. The second kappa shape index (κ2) is 6.47. The number of aliphatic hydroxyl groups is 2. The van der Waals surface area contributed by atoms with Crippen LogP contribution < -0.4 is 0 Å². The van der Waals surface area contributed by atoms with Crippen molar-refractivity contribution in [1.29, 1.82) is 0 Å². The summed E-state index contributed by atoms with van der Waals surface area (Å²) in [4.78, 5) is 25.8. The third kappa shape index (κ3) is 2.25. The largest absolute Gasteiger partial charge is 0.461 e. The van der Waals surface area contributed by atoms with E-state index in [9.17, 15) is 19.8 Å². The van der Waals surface area contributed by atoms with Gasteiger partial charge in [0.25, 0.3) is 0 Å². The summed E-state index contributed by atoms with van der Waals surface area (Å²) < 4.78 is 19.4. The molecular weight excluding hydrogens is 472 g/mol. The molecule has 3 saturated heterocycles. The molecule has 202 valence electrons. The van der Waals surface area contributed by atoms with Crippen LogP contribution in [0.5, 0.6) is 0 Å². The van der Waals surface area contributed by atoms with Gasteiger partial charge in [0.15, 0.2) is 0 Å². The molecule has 4 saturated carbocycles. The van der Waals surface area contributed by atoms with Crippen LogP contribution in [0.1, 0.15) is 67.2 Å². The van der Waals surface area contributed by atoms with Crippen LogP contribution in [-0.2, 0) is 23.8 Å². The summed E-state index contributed by atoms with van der Waals surface area (Å²) in [5.41, 5.74) is -0.251. The minimum Gasteiger partial charge on any atom is -0.461 e. The van der Waals surface area contributed by atoms with E-state index in [2.05, 4.69) is 20.8 Å². The lowest BCUT2D eigenvalue weighted by Gasteiger charge is -2.55. The van der Waals surface area contributed by atoms with Gasteiger partial charge in [-0.1, -0.05) is 19.4 Å². The van der Waals surface area contributed by atoms with Crippen molar-refractivity contribution >= 4 is 11.9 Å². The van der Waals surface area contributed by atoms with Gasteiger partial charge in [0.05, 0.1) is 34.6 Å². The lowest BCUT2D eigenvalue weighted by molar-refractivity contribution is -0.251. The molecule has 37 heavy (non-hydrogen) atoms. The first-order valence-electron chi connectivity index (χ1n) is 14.5. The summed E-state index contributed by atoms with van der Waals surface area (Å²) in [6, 6.07) is 0. The minimum absolute atomic E-state index is 0.0126. The fraction of sp³-hybridized carbons (Fsp3) is 0.867. The fourth-order valence-electron chi connectivity index (χ4n) is 12.3. The van der Waals surface area contributed by atoms with Crippen LogP contribution in [0.3, 0.4) is 0 Å². The monoisotopic (exact) mass is 512 g/mol. The van der Waals surface area contributed by atoms with Crippen molar-refractivity contribution in [1.82, 2.24) is 0 Å². The van der Waals surface area contributed by atoms with E-state index < -0.39 is 22.7 Å². The normalized spacial score (nSPS) is 64.5. The van der Waals surface area contributed by atoms with Crippen LogP contribution >= 0.6 is 0 Å². The first-order chi connectivity index (χ1) is 17.3. The maximum Gasteiger partial charge on any atom is 0.309 e. The molecular formula is C30H40O7. The number of aliphatic hydroxyl groups excluding tert-OH is 1. The summed E-state index contributed by atoms with van der Waals surface area (Å²) in [7, 11) is 0.